The van der Waals surface area contributed by atoms with E-state index in [1.165, 1.54) is 5.56 Å². The molecule has 6 nitrogen and oxygen atoms in total. The maximum absolute atomic E-state index is 5.43. The maximum Gasteiger partial charge on any atom is 0.191 e. The lowest BCUT2D eigenvalue weighted by molar-refractivity contribution is 0.380. The molecule has 0 aliphatic rings. The van der Waals surface area contributed by atoms with Gasteiger partial charge in [-0.3, -0.25) is 0 Å². The molecule has 0 bridgehead atoms. The van der Waals surface area contributed by atoms with E-state index in [9.17, 15) is 0 Å². The van der Waals surface area contributed by atoms with E-state index in [2.05, 4.69) is 48.7 Å². The number of guanidine groups is 1. The van der Waals surface area contributed by atoms with Crippen LogP contribution in [0.3, 0.4) is 0 Å². The summed E-state index contributed by atoms with van der Waals surface area (Å²) in [5, 5.41) is 10.9. The summed E-state index contributed by atoms with van der Waals surface area (Å²) in [7, 11) is 1.69. The van der Waals surface area contributed by atoms with Crippen LogP contribution in [0.15, 0.2) is 33.8 Å². The SMILES string of the molecule is CCNC(=NCc1c(CC)noc1CC)NCCCCc1ccc(OC)cc1.I. The van der Waals surface area contributed by atoms with Gasteiger partial charge in [0, 0.05) is 25.1 Å². The predicted octanol–water partition coefficient (Wildman–Crippen LogP) is 4.50. The van der Waals surface area contributed by atoms with Crippen molar-refractivity contribution in [2.45, 2.75) is 59.4 Å². The molecular formula is C22H35IN4O2. The zero-order valence-electron chi connectivity index (χ0n) is 18.1. The standard InChI is InChI=1S/C22H34N4O2.HI/c1-5-20-19(21(6-2)28-26-20)16-25-22(23-7-3)24-15-9-8-10-17-11-13-18(27-4)14-12-17;/h11-14H,5-10,15-16H2,1-4H3,(H2,23,24,25);1H. The molecule has 0 fully saturated rings. The lowest BCUT2D eigenvalue weighted by Gasteiger charge is -2.11. The van der Waals surface area contributed by atoms with Crippen LogP contribution in [-0.2, 0) is 25.8 Å². The number of aryl methyl sites for hydroxylation is 3. The van der Waals surface area contributed by atoms with Crippen molar-refractivity contribution in [1.82, 2.24) is 15.8 Å². The molecular weight excluding hydrogens is 479 g/mol. The molecule has 2 N–H and O–H groups in total. The first kappa shape index (κ1) is 25.3. The van der Waals surface area contributed by atoms with Crippen LogP contribution in [0.2, 0.25) is 0 Å². The third-order valence-electron chi connectivity index (χ3n) is 4.69. The molecule has 1 aromatic carbocycles. The Morgan fingerprint density at radius 3 is 2.45 bits per heavy atom. The summed E-state index contributed by atoms with van der Waals surface area (Å²) in [5.41, 5.74) is 3.48. The summed E-state index contributed by atoms with van der Waals surface area (Å²) < 4.78 is 10.6. The molecule has 1 aromatic heterocycles. The summed E-state index contributed by atoms with van der Waals surface area (Å²) in [6, 6.07) is 8.30. The highest BCUT2D eigenvalue weighted by molar-refractivity contribution is 14.0. The minimum atomic E-state index is 0. The number of unbranched alkanes of at least 4 members (excludes halogenated alkanes) is 1. The van der Waals surface area contributed by atoms with Crippen molar-refractivity contribution >= 4 is 29.9 Å². The molecule has 29 heavy (non-hydrogen) atoms. The largest absolute Gasteiger partial charge is 0.497 e. The minimum Gasteiger partial charge on any atom is -0.497 e. The van der Waals surface area contributed by atoms with Gasteiger partial charge in [-0.15, -0.1) is 24.0 Å². The molecule has 0 aliphatic heterocycles. The van der Waals surface area contributed by atoms with Gasteiger partial charge < -0.3 is 19.9 Å². The maximum atomic E-state index is 5.43. The summed E-state index contributed by atoms with van der Waals surface area (Å²) in [6.07, 6.45) is 4.99. The Kier molecular flexibility index (Phi) is 12.4. The van der Waals surface area contributed by atoms with E-state index in [1.54, 1.807) is 7.11 Å². The molecule has 2 aromatic rings. The molecule has 0 saturated carbocycles. The van der Waals surface area contributed by atoms with Crippen molar-refractivity contribution in [2.24, 2.45) is 4.99 Å². The smallest absolute Gasteiger partial charge is 0.191 e. The van der Waals surface area contributed by atoms with E-state index in [0.717, 1.165) is 73.9 Å². The molecule has 7 heteroatoms. The number of aromatic nitrogens is 1. The lowest BCUT2D eigenvalue weighted by Crippen LogP contribution is -2.37. The van der Waals surface area contributed by atoms with Gasteiger partial charge >= 0.3 is 0 Å². The van der Waals surface area contributed by atoms with Crippen LogP contribution in [0.1, 0.15) is 56.2 Å². The number of nitrogens with zero attached hydrogens (tertiary/aromatic N) is 2. The monoisotopic (exact) mass is 514 g/mol. The second-order valence-electron chi connectivity index (χ2n) is 6.67. The fourth-order valence-corrected chi connectivity index (χ4v) is 3.07. The fourth-order valence-electron chi connectivity index (χ4n) is 3.07. The number of rotatable bonds is 11. The highest BCUT2D eigenvalue weighted by atomic mass is 127. The van der Waals surface area contributed by atoms with Gasteiger partial charge in [0.2, 0.25) is 0 Å². The van der Waals surface area contributed by atoms with Crippen molar-refractivity contribution in [3.63, 3.8) is 0 Å². The number of hydrogen-bond donors (Lipinski definition) is 2. The molecule has 162 valence electrons. The van der Waals surface area contributed by atoms with Gasteiger partial charge in [-0.25, -0.2) is 4.99 Å². The predicted molar refractivity (Wildman–Crippen MR) is 129 cm³/mol. The molecule has 2 rings (SSSR count). The summed E-state index contributed by atoms with van der Waals surface area (Å²) in [5.74, 6) is 2.69. The van der Waals surface area contributed by atoms with Crippen molar-refractivity contribution in [1.29, 1.82) is 0 Å². The van der Waals surface area contributed by atoms with Gasteiger partial charge in [0.25, 0.3) is 0 Å². The van der Waals surface area contributed by atoms with E-state index in [4.69, 9.17) is 14.3 Å². The highest BCUT2D eigenvalue weighted by Crippen LogP contribution is 2.17. The van der Waals surface area contributed by atoms with Crippen molar-refractivity contribution in [2.75, 3.05) is 20.2 Å². The lowest BCUT2D eigenvalue weighted by atomic mass is 10.1. The Balaban J connectivity index is 0.00000420. The number of halogens is 1. The summed E-state index contributed by atoms with van der Waals surface area (Å²) in [4.78, 5) is 4.73. The quantitative estimate of drug-likeness (QED) is 0.200. The van der Waals surface area contributed by atoms with Crippen molar-refractivity contribution in [3.05, 3.63) is 46.8 Å². The average molecular weight is 514 g/mol. The second kappa shape index (κ2) is 14.3. The Morgan fingerprint density at radius 1 is 1.07 bits per heavy atom. The van der Waals surface area contributed by atoms with Crippen molar-refractivity contribution in [3.8, 4) is 5.75 Å². The first-order chi connectivity index (χ1) is 13.7. The first-order valence-corrected chi connectivity index (χ1v) is 10.3. The zero-order chi connectivity index (χ0) is 20.2. The molecule has 0 unspecified atom stereocenters. The summed E-state index contributed by atoms with van der Waals surface area (Å²) in [6.45, 7) is 8.58. The average Bonchev–Trinajstić information content (AvgIpc) is 3.14. The molecule has 0 aliphatic carbocycles. The number of nitrogens with one attached hydrogen (secondary N) is 2. The zero-order valence-corrected chi connectivity index (χ0v) is 20.4. The van der Waals surface area contributed by atoms with Gasteiger partial charge in [0.15, 0.2) is 5.96 Å². The number of methoxy groups -OCH3 is 1. The Morgan fingerprint density at radius 2 is 1.83 bits per heavy atom. The van der Waals surface area contributed by atoms with Crippen LogP contribution in [0.5, 0.6) is 5.75 Å². The van der Waals surface area contributed by atoms with Gasteiger partial charge in [-0.2, -0.15) is 0 Å². The van der Waals surface area contributed by atoms with Crippen LogP contribution in [0.25, 0.3) is 0 Å². The Hall–Kier alpha value is -1.77. The molecule has 0 atom stereocenters. The van der Waals surface area contributed by atoms with Crippen LogP contribution in [-0.4, -0.2) is 31.3 Å². The van der Waals surface area contributed by atoms with Gasteiger partial charge in [-0.1, -0.05) is 31.1 Å². The van der Waals surface area contributed by atoms with E-state index >= 15 is 0 Å². The van der Waals surface area contributed by atoms with Crippen LogP contribution in [0.4, 0.5) is 0 Å². The number of ether oxygens (including phenoxy) is 1. The van der Waals surface area contributed by atoms with E-state index < -0.39 is 0 Å². The normalized spacial score (nSPS) is 11.1. The fraction of sp³-hybridized carbons (Fsp3) is 0.545. The van der Waals surface area contributed by atoms with Gasteiger partial charge in [-0.05, 0) is 50.3 Å². The number of aliphatic imine (C=N–C) groups is 1. The second-order valence-corrected chi connectivity index (χ2v) is 6.67. The van der Waals surface area contributed by atoms with Crippen LogP contribution in [0, 0.1) is 0 Å². The molecule has 0 saturated heterocycles. The molecule has 0 radical (unpaired) electrons. The third-order valence-corrected chi connectivity index (χ3v) is 4.69. The van der Waals surface area contributed by atoms with Crippen LogP contribution >= 0.6 is 24.0 Å². The minimum absolute atomic E-state index is 0. The first-order valence-electron chi connectivity index (χ1n) is 10.3. The third kappa shape index (κ3) is 8.24. The van der Waals surface area contributed by atoms with E-state index in [-0.39, 0.29) is 24.0 Å². The Bertz CT molecular complexity index is 707. The summed E-state index contributed by atoms with van der Waals surface area (Å²) >= 11 is 0. The topological polar surface area (TPSA) is 71.7 Å². The van der Waals surface area contributed by atoms with Gasteiger partial charge in [0.1, 0.15) is 11.5 Å². The Labute approximate surface area is 191 Å². The van der Waals surface area contributed by atoms with Gasteiger partial charge in [0.05, 0.1) is 19.3 Å². The molecule has 0 amide bonds. The number of benzene rings is 1. The molecule has 1 heterocycles. The van der Waals surface area contributed by atoms with Crippen LogP contribution < -0.4 is 15.4 Å². The molecule has 0 spiro atoms. The van der Waals surface area contributed by atoms with E-state index in [0.29, 0.717) is 6.54 Å². The van der Waals surface area contributed by atoms with E-state index in [1.807, 2.05) is 12.1 Å². The van der Waals surface area contributed by atoms with Crippen molar-refractivity contribution < 1.29 is 9.26 Å². The highest BCUT2D eigenvalue weighted by Gasteiger charge is 2.13. The number of hydrogen-bond acceptors (Lipinski definition) is 4.